The minimum atomic E-state index is -0.613. The summed E-state index contributed by atoms with van der Waals surface area (Å²) in [5.74, 6) is 0.640. The topological polar surface area (TPSA) is 80.7 Å². The van der Waals surface area contributed by atoms with Crippen LogP contribution in [0.5, 0.6) is 11.5 Å². The Bertz CT molecular complexity index is 1530. The third-order valence-electron chi connectivity index (χ3n) is 7.14. The lowest BCUT2D eigenvalue weighted by molar-refractivity contribution is -0.141. The lowest BCUT2D eigenvalue weighted by Gasteiger charge is -2.36. The van der Waals surface area contributed by atoms with Gasteiger partial charge in [0, 0.05) is 25.4 Å². The molecule has 3 aromatic rings. The quantitative estimate of drug-likeness (QED) is 0.268. The van der Waals surface area contributed by atoms with Crippen molar-refractivity contribution in [3.05, 3.63) is 118 Å². The van der Waals surface area contributed by atoms with E-state index in [1.807, 2.05) is 90.0 Å². The first-order valence-electron chi connectivity index (χ1n) is 13.5. The molecule has 0 aromatic heterocycles. The van der Waals surface area contributed by atoms with E-state index in [2.05, 4.69) is 0 Å². The summed E-state index contributed by atoms with van der Waals surface area (Å²) in [6.45, 7) is 2.43. The highest BCUT2D eigenvalue weighted by Gasteiger charge is 2.41. The molecule has 0 spiro atoms. The molecule has 2 heterocycles. The number of allylic oxidation sites excluding steroid dienone is 1. The van der Waals surface area contributed by atoms with Crippen molar-refractivity contribution in [2.24, 2.45) is 4.99 Å². The minimum absolute atomic E-state index is 0.0478. The van der Waals surface area contributed by atoms with Gasteiger partial charge in [-0.1, -0.05) is 72.4 Å². The van der Waals surface area contributed by atoms with Crippen LogP contribution in [-0.4, -0.2) is 48.1 Å². The summed E-state index contributed by atoms with van der Waals surface area (Å²) in [4.78, 5) is 35.6. The normalized spacial score (nSPS) is 15.9. The summed E-state index contributed by atoms with van der Waals surface area (Å²) < 4.78 is 16.9. The zero-order valence-corrected chi connectivity index (χ0v) is 24.9. The van der Waals surface area contributed by atoms with Crippen LogP contribution in [-0.2, 0) is 27.5 Å². The van der Waals surface area contributed by atoms with Crippen LogP contribution in [0.1, 0.15) is 36.1 Å². The molecule has 216 valence electrons. The number of hydrogen-bond acceptors (Lipinski definition) is 8. The molecule has 0 bridgehead atoms. The Balaban J connectivity index is 1.48. The number of benzene rings is 3. The Kier molecular flexibility index (Phi) is 8.97. The van der Waals surface area contributed by atoms with E-state index in [1.54, 1.807) is 32.2 Å². The van der Waals surface area contributed by atoms with Crippen LogP contribution in [0.25, 0.3) is 0 Å². The fourth-order valence-corrected chi connectivity index (χ4v) is 5.93. The van der Waals surface area contributed by atoms with Crippen molar-refractivity contribution >= 4 is 28.8 Å². The molecule has 2 aliphatic rings. The van der Waals surface area contributed by atoms with E-state index in [0.29, 0.717) is 34.5 Å². The molecule has 0 saturated heterocycles. The first kappa shape index (κ1) is 29.0. The van der Waals surface area contributed by atoms with Gasteiger partial charge in [0.25, 0.3) is 0 Å². The molecule has 1 atom stereocenters. The molecule has 0 radical (unpaired) electrons. The summed E-state index contributed by atoms with van der Waals surface area (Å²) in [5, 5.41) is 2.62. The molecule has 42 heavy (non-hydrogen) atoms. The maximum atomic E-state index is 13.8. The summed E-state index contributed by atoms with van der Waals surface area (Å²) in [5.41, 5.74) is 4.38. The van der Waals surface area contributed by atoms with Gasteiger partial charge in [0.05, 0.1) is 38.0 Å². The highest BCUT2D eigenvalue weighted by atomic mass is 32.2. The average Bonchev–Trinajstić information content (AvgIpc) is 3.41. The second-order valence-electron chi connectivity index (χ2n) is 10.0. The van der Waals surface area contributed by atoms with Gasteiger partial charge < -0.3 is 24.0 Å². The fraction of sp³-hybridized carbons (Fsp3) is 0.242. The van der Waals surface area contributed by atoms with Gasteiger partial charge in [0.1, 0.15) is 18.1 Å². The van der Waals surface area contributed by atoms with Crippen molar-refractivity contribution in [2.75, 3.05) is 21.3 Å². The van der Waals surface area contributed by atoms with Crippen LogP contribution in [0.3, 0.4) is 0 Å². The minimum Gasteiger partial charge on any atom is -0.497 e. The van der Waals surface area contributed by atoms with E-state index in [-0.39, 0.29) is 18.9 Å². The number of thioether (sulfide) groups is 1. The smallest absolute Gasteiger partial charge is 0.338 e. The molecule has 9 heteroatoms. The molecule has 2 aliphatic heterocycles. The molecular formula is C33H33N3O5S. The molecule has 0 N–H and O–H groups in total. The molecule has 3 aromatic carbocycles. The first-order valence-corrected chi connectivity index (χ1v) is 14.4. The SMILES string of the molecule is COc1cc(OC)cc(C2C(C(=O)OCc3ccccc3)=C(C)N=C3SC=C(CC(=O)N(C)Cc4ccccc4)N32)c1. The summed E-state index contributed by atoms with van der Waals surface area (Å²) in [6.07, 6.45) is 0.137. The van der Waals surface area contributed by atoms with Gasteiger partial charge in [0.15, 0.2) is 5.17 Å². The van der Waals surface area contributed by atoms with Crippen molar-refractivity contribution in [1.29, 1.82) is 0 Å². The van der Waals surface area contributed by atoms with Crippen LogP contribution in [0.2, 0.25) is 0 Å². The van der Waals surface area contributed by atoms with Gasteiger partial charge in [-0.3, -0.25) is 4.79 Å². The van der Waals surface area contributed by atoms with E-state index in [9.17, 15) is 9.59 Å². The molecule has 0 saturated carbocycles. The summed E-state index contributed by atoms with van der Waals surface area (Å²) in [6, 6.07) is 24.3. The molecular weight excluding hydrogens is 550 g/mol. The van der Waals surface area contributed by atoms with E-state index in [1.165, 1.54) is 11.8 Å². The van der Waals surface area contributed by atoms with Crippen molar-refractivity contribution < 1.29 is 23.8 Å². The van der Waals surface area contributed by atoms with Crippen LogP contribution in [0.4, 0.5) is 0 Å². The number of methoxy groups -OCH3 is 2. The number of carbonyl (C=O) groups is 2. The van der Waals surface area contributed by atoms with Crippen molar-refractivity contribution in [1.82, 2.24) is 9.80 Å². The van der Waals surface area contributed by atoms with E-state index >= 15 is 0 Å². The number of fused-ring (bicyclic) bond motifs is 1. The highest BCUT2D eigenvalue weighted by Crippen LogP contribution is 2.46. The number of hydrogen-bond donors (Lipinski definition) is 0. The third kappa shape index (κ3) is 6.36. The standard InChI is InChI=1S/C33H33N3O5S/c1-22-30(32(38)41-20-24-13-9-6-10-14-24)31(25-15-27(39-3)18-28(16-25)40-4)36-26(21-42-33(36)34-22)17-29(37)35(2)19-23-11-7-5-8-12-23/h5-16,18,21,31H,17,19-20H2,1-4H3. The van der Waals surface area contributed by atoms with Crippen molar-refractivity contribution in [2.45, 2.75) is 32.5 Å². The molecule has 5 rings (SSSR count). The third-order valence-corrected chi connectivity index (χ3v) is 8.03. The molecule has 1 unspecified atom stereocenters. The zero-order chi connectivity index (χ0) is 29.6. The number of esters is 1. The van der Waals surface area contributed by atoms with Gasteiger partial charge in [-0.15, -0.1) is 0 Å². The van der Waals surface area contributed by atoms with Gasteiger partial charge >= 0.3 is 5.97 Å². The number of amides is 1. The van der Waals surface area contributed by atoms with Gasteiger partial charge in [-0.25, -0.2) is 9.79 Å². The second kappa shape index (κ2) is 13.0. The van der Waals surface area contributed by atoms with Crippen LogP contribution in [0.15, 0.2) is 106 Å². The maximum absolute atomic E-state index is 13.8. The summed E-state index contributed by atoms with van der Waals surface area (Å²) in [7, 11) is 4.96. The predicted molar refractivity (Wildman–Crippen MR) is 164 cm³/mol. The first-order chi connectivity index (χ1) is 20.4. The lowest BCUT2D eigenvalue weighted by atomic mass is 9.93. The van der Waals surface area contributed by atoms with Crippen LogP contribution >= 0.6 is 11.8 Å². The predicted octanol–water partition coefficient (Wildman–Crippen LogP) is 6.07. The number of rotatable bonds is 10. The number of ether oxygens (including phenoxy) is 3. The summed E-state index contributed by atoms with van der Waals surface area (Å²) >= 11 is 1.43. The van der Waals surface area contributed by atoms with Crippen molar-refractivity contribution in [3.8, 4) is 11.5 Å². The van der Waals surface area contributed by atoms with Gasteiger partial charge in [-0.2, -0.15) is 0 Å². The van der Waals surface area contributed by atoms with E-state index < -0.39 is 12.0 Å². The largest absolute Gasteiger partial charge is 0.497 e. The van der Waals surface area contributed by atoms with Crippen molar-refractivity contribution in [3.63, 3.8) is 0 Å². The van der Waals surface area contributed by atoms with Gasteiger partial charge in [-0.05, 0) is 41.2 Å². The number of aliphatic imine (C=N–C) groups is 1. The van der Waals surface area contributed by atoms with Gasteiger partial charge in [0.2, 0.25) is 5.91 Å². The Morgan fingerprint density at radius 2 is 1.55 bits per heavy atom. The molecule has 0 fully saturated rings. The van der Waals surface area contributed by atoms with E-state index in [4.69, 9.17) is 19.2 Å². The Morgan fingerprint density at radius 3 is 2.17 bits per heavy atom. The fourth-order valence-electron chi connectivity index (χ4n) is 4.97. The Hall–Kier alpha value is -4.50. The van der Waals surface area contributed by atoms with E-state index in [0.717, 1.165) is 22.4 Å². The number of amidine groups is 1. The second-order valence-corrected chi connectivity index (χ2v) is 10.8. The average molecular weight is 584 g/mol. The Labute approximate surface area is 250 Å². The zero-order valence-electron chi connectivity index (χ0n) is 24.1. The maximum Gasteiger partial charge on any atom is 0.338 e. The lowest BCUT2D eigenvalue weighted by Crippen LogP contribution is -2.38. The highest BCUT2D eigenvalue weighted by molar-refractivity contribution is 8.16. The Morgan fingerprint density at radius 1 is 0.929 bits per heavy atom. The molecule has 1 amide bonds. The number of carbonyl (C=O) groups excluding carboxylic acids is 2. The molecule has 0 aliphatic carbocycles. The number of nitrogens with zero attached hydrogens (tertiary/aromatic N) is 3. The van der Waals surface area contributed by atoms with Crippen LogP contribution in [0, 0.1) is 0 Å². The van der Waals surface area contributed by atoms with Crippen LogP contribution < -0.4 is 9.47 Å². The monoisotopic (exact) mass is 583 g/mol. The molecule has 8 nitrogen and oxygen atoms in total.